The van der Waals surface area contributed by atoms with Gasteiger partial charge < -0.3 is 15.4 Å². The summed E-state index contributed by atoms with van der Waals surface area (Å²) in [6.07, 6.45) is 3.34. The fraction of sp³-hybridized carbons (Fsp3) is 0.286. The normalized spacial score (nSPS) is 22.0. The molecule has 2 aromatic rings. The number of amides is 1. The number of para-hydroxylation sites is 1. The van der Waals surface area contributed by atoms with Crippen LogP contribution in [-0.2, 0) is 4.79 Å². The van der Waals surface area contributed by atoms with Gasteiger partial charge in [-0.3, -0.25) is 4.79 Å². The van der Waals surface area contributed by atoms with Crippen LogP contribution in [0.2, 0.25) is 0 Å². The zero-order valence-corrected chi connectivity index (χ0v) is 14.4. The minimum absolute atomic E-state index is 0.00598. The Kier molecular flexibility index (Phi) is 4.71. The maximum Gasteiger partial charge on any atom is 0.220 e. The highest BCUT2D eigenvalue weighted by molar-refractivity contribution is 5.77. The fourth-order valence-electron chi connectivity index (χ4n) is 3.56. The van der Waals surface area contributed by atoms with E-state index in [0.29, 0.717) is 19.6 Å². The van der Waals surface area contributed by atoms with Gasteiger partial charge in [0.1, 0.15) is 18.2 Å². The Morgan fingerprint density at radius 2 is 2.08 bits per heavy atom. The number of hydrogen-bond acceptors (Lipinski definition) is 3. The molecule has 1 saturated heterocycles. The summed E-state index contributed by atoms with van der Waals surface area (Å²) in [6.45, 7) is 1.22. The third-order valence-electron chi connectivity index (χ3n) is 4.89. The van der Waals surface area contributed by atoms with E-state index in [2.05, 4.69) is 16.7 Å². The molecule has 0 bridgehead atoms. The van der Waals surface area contributed by atoms with Crippen LogP contribution in [0.4, 0.5) is 4.39 Å². The molecular formula is C21H21FN2O2. The van der Waals surface area contributed by atoms with Crippen LogP contribution >= 0.6 is 0 Å². The Labute approximate surface area is 152 Å². The summed E-state index contributed by atoms with van der Waals surface area (Å²) in [5.41, 5.74) is 3.02. The first-order chi connectivity index (χ1) is 12.7. The van der Waals surface area contributed by atoms with Gasteiger partial charge in [0.15, 0.2) is 0 Å². The maximum atomic E-state index is 13.6. The minimum Gasteiger partial charge on any atom is -0.489 e. The number of fused-ring (bicyclic) bond motifs is 1. The fourth-order valence-corrected chi connectivity index (χ4v) is 3.56. The molecule has 0 aliphatic carbocycles. The first-order valence-electron chi connectivity index (χ1n) is 8.88. The predicted molar refractivity (Wildman–Crippen MR) is 98.2 cm³/mol. The van der Waals surface area contributed by atoms with Gasteiger partial charge in [0, 0.05) is 24.6 Å². The Bertz CT molecular complexity index is 849. The Morgan fingerprint density at radius 3 is 2.96 bits per heavy atom. The number of ether oxygens (including phenoxy) is 1. The van der Waals surface area contributed by atoms with Crippen molar-refractivity contribution in [1.29, 1.82) is 0 Å². The molecule has 1 fully saturated rings. The lowest BCUT2D eigenvalue weighted by atomic mass is 9.91. The number of rotatable bonds is 4. The van der Waals surface area contributed by atoms with E-state index in [9.17, 15) is 9.18 Å². The summed E-state index contributed by atoms with van der Waals surface area (Å²) >= 11 is 0. The minimum atomic E-state index is -0.291. The molecule has 0 radical (unpaired) electrons. The summed E-state index contributed by atoms with van der Waals surface area (Å²) in [5.74, 6) is 0.617. The van der Waals surface area contributed by atoms with Crippen LogP contribution in [0.25, 0.3) is 6.08 Å². The summed E-state index contributed by atoms with van der Waals surface area (Å²) < 4.78 is 19.4. The molecule has 2 aliphatic heterocycles. The molecule has 1 amide bonds. The van der Waals surface area contributed by atoms with Crippen molar-refractivity contribution in [2.45, 2.75) is 24.9 Å². The van der Waals surface area contributed by atoms with Crippen molar-refractivity contribution in [1.82, 2.24) is 10.6 Å². The Hall–Kier alpha value is -2.66. The summed E-state index contributed by atoms with van der Waals surface area (Å²) in [4.78, 5) is 11.9. The van der Waals surface area contributed by atoms with Crippen molar-refractivity contribution in [3.63, 3.8) is 0 Å². The van der Waals surface area contributed by atoms with Gasteiger partial charge in [-0.15, -0.1) is 0 Å². The van der Waals surface area contributed by atoms with Gasteiger partial charge in [0.2, 0.25) is 5.91 Å². The highest BCUT2D eigenvalue weighted by Crippen LogP contribution is 2.27. The number of nitrogens with one attached hydrogen (secondary N) is 2. The van der Waals surface area contributed by atoms with E-state index in [1.165, 1.54) is 12.1 Å². The molecule has 0 unspecified atom stereocenters. The van der Waals surface area contributed by atoms with E-state index in [1.54, 1.807) is 6.07 Å². The second kappa shape index (κ2) is 7.30. The number of halogens is 1. The molecule has 0 aromatic heterocycles. The average Bonchev–Trinajstić information content (AvgIpc) is 2.67. The lowest BCUT2D eigenvalue weighted by Crippen LogP contribution is -2.49. The molecule has 5 heteroatoms. The van der Waals surface area contributed by atoms with Crippen molar-refractivity contribution >= 4 is 12.0 Å². The SMILES string of the molecule is O=C1CC[C@@H](NCC2=Cc3ccccc3OC2)[C@H](c2cccc(F)c2)N1. The molecule has 2 atom stereocenters. The van der Waals surface area contributed by atoms with Gasteiger partial charge in [-0.1, -0.05) is 30.3 Å². The van der Waals surface area contributed by atoms with E-state index < -0.39 is 0 Å². The van der Waals surface area contributed by atoms with Crippen LogP contribution in [0, 0.1) is 5.82 Å². The van der Waals surface area contributed by atoms with Crippen molar-refractivity contribution in [3.8, 4) is 5.75 Å². The van der Waals surface area contributed by atoms with Crippen molar-refractivity contribution in [2.24, 2.45) is 0 Å². The molecule has 4 nitrogen and oxygen atoms in total. The molecule has 2 aromatic carbocycles. The second-order valence-corrected chi connectivity index (χ2v) is 6.76. The number of hydrogen-bond donors (Lipinski definition) is 2. The summed E-state index contributed by atoms with van der Waals surface area (Å²) in [5, 5.41) is 6.52. The molecule has 2 N–H and O–H groups in total. The average molecular weight is 352 g/mol. The van der Waals surface area contributed by atoms with Gasteiger partial charge >= 0.3 is 0 Å². The van der Waals surface area contributed by atoms with Crippen LogP contribution in [0.1, 0.15) is 30.0 Å². The Morgan fingerprint density at radius 1 is 1.19 bits per heavy atom. The van der Waals surface area contributed by atoms with Crippen LogP contribution in [-0.4, -0.2) is 25.1 Å². The molecule has 4 rings (SSSR count). The molecule has 134 valence electrons. The zero-order chi connectivity index (χ0) is 17.9. The van der Waals surface area contributed by atoms with Gasteiger partial charge in [-0.25, -0.2) is 4.39 Å². The number of piperidine rings is 1. The van der Waals surface area contributed by atoms with Gasteiger partial charge in [-0.2, -0.15) is 0 Å². The summed E-state index contributed by atoms with van der Waals surface area (Å²) in [6, 6.07) is 14.2. The van der Waals surface area contributed by atoms with Gasteiger partial charge in [0.25, 0.3) is 0 Å². The largest absolute Gasteiger partial charge is 0.489 e. The molecule has 26 heavy (non-hydrogen) atoms. The van der Waals surface area contributed by atoms with E-state index in [1.807, 2.05) is 30.3 Å². The molecule has 2 aliphatic rings. The number of benzene rings is 2. The number of carbonyl (C=O) groups excluding carboxylic acids is 1. The van der Waals surface area contributed by atoms with Gasteiger partial charge in [0.05, 0.1) is 6.04 Å². The smallest absolute Gasteiger partial charge is 0.220 e. The third kappa shape index (κ3) is 3.63. The van der Waals surface area contributed by atoms with Crippen molar-refractivity contribution in [3.05, 3.63) is 71.0 Å². The van der Waals surface area contributed by atoms with Crippen molar-refractivity contribution in [2.75, 3.05) is 13.2 Å². The van der Waals surface area contributed by atoms with Crippen LogP contribution in [0.5, 0.6) is 5.75 Å². The van der Waals surface area contributed by atoms with Crippen LogP contribution in [0.3, 0.4) is 0 Å². The zero-order valence-electron chi connectivity index (χ0n) is 14.4. The predicted octanol–water partition coefficient (Wildman–Crippen LogP) is 3.21. The van der Waals surface area contributed by atoms with E-state index in [0.717, 1.165) is 28.9 Å². The van der Waals surface area contributed by atoms with Gasteiger partial charge in [-0.05, 0) is 41.8 Å². The van der Waals surface area contributed by atoms with Crippen molar-refractivity contribution < 1.29 is 13.9 Å². The maximum absolute atomic E-state index is 13.6. The van der Waals surface area contributed by atoms with E-state index in [4.69, 9.17) is 4.74 Å². The molecule has 0 spiro atoms. The number of carbonyl (C=O) groups is 1. The quantitative estimate of drug-likeness (QED) is 0.888. The second-order valence-electron chi connectivity index (χ2n) is 6.76. The highest BCUT2D eigenvalue weighted by Gasteiger charge is 2.30. The lowest BCUT2D eigenvalue weighted by molar-refractivity contribution is -0.123. The first kappa shape index (κ1) is 16.8. The lowest BCUT2D eigenvalue weighted by Gasteiger charge is -2.34. The standard InChI is InChI=1S/C21H21FN2O2/c22-17-6-3-5-16(11-17)21-18(8-9-20(25)24-21)23-12-14-10-15-4-1-2-7-19(15)26-13-14/h1-7,10-11,18,21,23H,8-9,12-13H2,(H,24,25)/t18-,21+/m1/s1. The molecule has 2 heterocycles. The van der Waals surface area contributed by atoms with Crippen LogP contribution in [0.15, 0.2) is 54.1 Å². The topological polar surface area (TPSA) is 50.4 Å². The molecular weight excluding hydrogens is 331 g/mol. The molecule has 0 saturated carbocycles. The van der Waals surface area contributed by atoms with E-state index in [-0.39, 0.29) is 23.8 Å². The summed E-state index contributed by atoms with van der Waals surface area (Å²) in [7, 11) is 0. The third-order valence-corrected chi connectivity index (χ3v) is 4.89. The van der Waals surface area contributed by atoms with Crippen LogP contribution < -0.4 is 15.4 Å². The Balaban J connectivity index is 1.48. The highest BCUT2D eigenvalue weighted by atomic mass is 19.1. The van der Waals surface area contributed by atoms with E-state index >= 15 is 0 Å². The monoisotopic (exact) mass is 352 g/mol. The first-order valence-corrected chi connectivity index (χ1v) is 8.88.